The fraction of sp³-hybridized carbons (Fsp3) is 0.600. The van der Waals surface area contributed by atoms with Crippen LogP contribution in [0.25, 0.3) is 0 Å². The van der Waals surface area contributed by atoms with Gasteiger partial charge in [-0.1, -0.05) is 47.4 Å². The summed E-state index contributed by atoms with van der Waals surface area (Å²) in [6.45, 7) is 6.66. The van der Waals surface area contributed by atoms with Gasteiger partial charge in [0.15, 0.2) is 0 Å². The monoisotopic (exact) mass is 348 g/mol. The fourth-order valence-electron chi connectivity index (χ4n) is 2.39. The largest absolute Gasteiger partial charge is 0.390 e. The molecule has 0 amide bonds. The Morgan fingerprint density at radius 3 is 2.42 bits per heavy atom. The average Bonchev–Trinajstić information content (AvgIpc) is 2.39. The van der Waals surface area contributed by atoms with E-state index in [1.807, 2.05) is 39.0 Å². The number of hydrogen-bond donors (Lipinski definition) is 1. The van der Waals surface area contributed by atoms with Gasteiger partial charge in [-0.25, -0.2) is 0 Å². The van der Waals surface area contributed by atoms with Crippen molar-refractivity contribution in [1.82, 2.24) is 0 Å². The molecule has 0 aromatic heterocycles. The normalized spacial score (nSPS) is 13.6. The number of hydrogen-bond acceptors (Lipinski definition) is 2. The third-order valence-electron chi connectivity index (χ3n) is 3.66. The molecule has 0 bridgehead atoms. The van der Waals surface area contributed by atoms with Crippen LogP contribution in [-0.4, -0.2) is 23.4 Å². The minimum Gasteiger partial charge on any atom is -0.390 e. The molecule has 0 heterocycles. The van der Waals surface area contributed by atoms with Crippen molar-refractivity contribution in [1.29, 1.82) is 0 Å². The summed E-state index contributed by atoms with van der Waals surface area (Å²) in [5.41, 5.74) is 0.467. The van der Waals surface area contributed by atoms with Crippen molar-refractivity contribution >= 4 is 27.5 Å². The molecule has 1 unspecified atom stereocenters. The van der Waals surface area contributed by atoms with Crippen molar-refractivity contribution < 1.29 is 9.84 Å². The van der Waals surface area contributed by atoms with Crippen molar-refractivity contribution in [2.75, 3.05) is 6.61 Å². The summed E-state index contributed by atoms with van der Waals surface area (Å²) in [6.07, 6.45) is 1.52. The molecule has 1 rings (SSSR count). The first-order valence-corrected chi connectivity index (χ1v) is 7.92. The maximum absolute atomic E-state index is 10.5. The molecule has 1 N–H and O–H groups in total. The zero-order chi connectivity index (χ0) is 14.5. The van der Waals surface area contributed by atoms with Gasteiger partial charge in [0.25, 0.3) is 0 Å². The Morgan fingerprint density at radius 2 is 1.95 bits per heavy atom. The number of halogens is 2. The lowest BCUT2D eigenvalue weighted by atomic mass is 9.86. The van der Waals surface area contributed by atoms with Crippen LogP contribution in [0.5, 0.6) is 0 Å². The second-order valence-corrected chi connectivity index (χ2v) is 5.98. The third-order valence-corrected chi connectivity index (χ3v) is 4.51. The van der Waals surface area contributed by atoms with Gasteiger partial charge in [-0.2, -0.15) is 0 Å². The molecule has 0 saturated carbocycles. The quantitative estimate of drug-likeness (QED) is 0.779. The Bertz CT molecular complexity index is 405. The molecular weight excluding hydrogens is 328 g/mol. The molecule has 0 radical (unpaired) electrons. The van der Waals surface area contributed by atoms with E-state index in [2.05, 4.69) is 15.9 Å². The summed E-state index contributed by atoms with van der Waals surface area (Å²) < 4.78 is 6.77. The Balaban J connectivity index is 2.89. The summed E-state index contributed by atoms with van der Waals surface area (Å²) in [4.78, 5) is 0. The van der Waals surface area contributed by atoms with E-state index in [4.69, 9.17) is 16.3 Å². The Labute approximate surface area is 129 Å². The van der Waals surface area contributed by atoms with Crippen molar-refractivity contribution in [3.05, 3.63) is 33.3 Å². The van der Waals surface area contributed by atoms with Crippen LogP contribution < -0.4 is 0 Å². The molecule has 0 aliphatic rings. The first-order chi connectivity index (χ1) is 8.99. The molecule has 0 aliphatic carbocycles. The van der Waals surface area contributed by atoms with E-state index in [0.29, 0.717) is 18.1 Å². The smallest absolute Gasteiger partial charge is 0.0938 e. The number of aliphatic hydroxyl groups is 1. The van der Waals surface area contributed by atoms with Crippen LogP contribution in [0.15, 0.2) is 22.7 Å². The maximum atomic E-state index is 10.5. The average molecular weight is 350 g/mol. The predicted octanol–water partition coefficient (Wildman–Crippen LogP) is 4.60. The van der Waals surface area contributed by atoms with Crippen molar-refractivity contribution in [2.45, 2.75) is 51.7 Å². The van der Waals surface area contributed by atoms with Gasteiger partial charge in [-0.05, 0) is 37.5 Å². The maximum Gasteiger partial charge on any atom is 0.0938 e. The summed E-state index contributed by atoms with van der Waals surface area (Å²) in [6, 6.07) is 5.73. The first-order valence-electron chi connectivity index (χ1n) is 6.75. The molecule has 0 fully saturated rings. The highest BCUT2D eigenvalue weighted by Gasteiger charge is 2.35. The molecule has 19 heavy (non-hydrogen) atoms. The van der Waals surface area contributed by atoms with Crippen LogP contribution >= 0.6 is 27.5 Å². The second-order valence-electron chi connectivity index (χ2n) is 4.66. The number of ether oxygens (including phenoxy) is 1. The Hall–Kier alpha value is -0.0900. The molecular formula is C15H22BrClO2. The van der Waals surface area contributed by atoms with Gasteiger partial charge >= 0.3 is 0 Å². The summed E-state index contributed by atoms with van der Waals surface area (Å²) in [5.74, 6) is 0. The summed E-state index contributed by atoms with van der Waals surface area (Å²) >= 11 is 9.59. The topological polar surface area (TPSA) is 29.5 Å². The van der Waals surface area contributed by atoms with Gasteiger partial charge in [0.05, 0.1) is 11.7 Å². The highest BCUT2D eigenvalue weighted by molar-refractivity contribution is 9.10. The van der Waals surface area contributed by atoms with E-state index in [1.165, 1.54) is 0 Å². The van der Waals surface area contributed by atoms with Crippen molar-refractivity contribution in [2.24, 2.45) is 0 Å². The number of benzene rings is 1. The third kappa shape index (κ3) is 4.19. The molecule has 0 saturated heterocycles. The van der Waals surface area contributed by atoms with E-state index in [1.54, 1.807) is 0 Å². The van der Waals surface area contributed by atoms with E-state index < -0.39 is 11.7 Å². The minimum absolute atomic E-state index is 0.481. The number of aliphatic hydroxyl groups excluding tert-OH is 1. The van der Waals surface area contributed by atoms with Gasteiger partial charge in [-0.15, -0.1) is 0 Å². The van der Waals surface area contributed by atoms with Crippen LogP contribution in [0.1, 0.15) is 39.2 Å². The van der Waals surface area contributed by atoms with E-state index >= 15 is 0 Å². The van der Waals surface area contributed by atoms with E-state index in [0.717, 1.165) is 22.9 Å². The minimum atomic E-state index is -0.555. The molecule has 108 valence electrons. The molecule has 1 atom stereocenters. The predicted molar refractivity (Wildman–Crippen MR) is 83.8 cm³/mol. The van der Waals surface area contributed by atoms with Crippen LogP contribution in [-0.2, 0) is 11.2 Å². The van der Waals surface area contributed by atoms with E-state index in [-0.39, 0.29) is 0 Å². The molecule has 0 spiro atoms. The summed E-state index contributed by atoms with van der Waals surface area (Å²) in [7, 11) is 0. The number of rotatable bonds is 7. The van der Waals surface area contributed by atoms with Crippen LogP contribution in [0.3, 0.4) is 0 Å². The van der Waals surface area contributed by atoms with Crippen molar-refractivity contribution in [3.8, 4) is 0 Å². The van der Waals surface area contributed by atoms with Gasteiger partial charge < -0.3 is 9.84 Å². The Morgan fingerprint density at radius 1 is 1.32 bits per heavy atom. The molecule has 4 heteroatoms. The zero-order valence-corrected chi connectivity index (χ0v) is 14.1. The molecule has 1 aromatic carbocycles. The zero-order valence-electron chi connectivity index (χ0n) is 11.7. The van der Waals surface area contributed by atoms with Crippen molar-refractivity contribution in [3.63, 3.8) is 0 Å². The molecule has 2 nitrogen and oxygen atoms in total. The standard InChI is InChI=1S/C15H22BrClO2/c1-4-15(5-2,19-6-3)14(18)9-11-7-8-12(16)10-13(11)17/h7-8,10,14,18H,4-6,9H2,1-3H3. The second kappa shape index (κ2) is 7.63. The molecule has 0 aliphatic heterocycles. The lowest BCUT2D eigenvalue weighted by Gasteiger charge is -2.36. The van der Waals surface area contributed by atoms with Crippen LogP contribution in [0, 0.1) is 0 Å². The van der Waals surface area contributed by atoms with Gasteiger partial charge in [0.2, 0.25) is 0 Å². The Kier molecular flexibility index (Phi) is 6.81. The van der Waals surface area contributed by atoms with Gasteiger partial charge in [0, 0.05) is 22.5 Å². The van der Waals surface area contributed by atoms with Crippen LogP contribution in [0.4, 0.5) is 0 Å². The lowest BCUT2D eigenvalue weighted by molar-refractivity contribution is -0.124. The lowest BCUT2D eigenvalue weighted by Crippen LogP contribution is -2.45. The highest BCUT2D eigenvalue weighted by atomic mass is 79.9. The van der Waals surface area contributed by atoms with Crippen LogP contribution in [0.2, 0.25) is 5.02 Å². The fourth-order valence-corrected chi connectivity index (χ4v) is 3.14. The van der Waals surface area contributed by atoms with E-state index in [9.17, 15) is 5.11 Å². The van der Waals surface area contributed by atoms with Gasteiger partial charge in [-0.3, -0.25) is 0 Å². The summed E-state index contributed by atoms with van der Waals surface area (Å²) in [5, 5.41) is 11.2. The highest BCUT2D eigenvalue weighted by Crippen LogP contribution is 2.30. The molecule has 1 aromatic rings. The van der Waals surface area contributed by atoms with Gasteiger partial charge in [0.1, 0.15) is 0 Å². The first kappa shape index (κ1) is 17.0. The SMILES string of the molecule is CCOC(CC)(CC)C(O)Cc1ccc(Br)cc1Cl.